The summed E-state index contributed by atoms with van der Waals surface area (Å²) in [5.41, 5.74) is 0.421. The highest BCUT2D eigenvalue weighted by Crippen LogP contribution is 2.45. The van der Waals surface area contributed by atoms with Crippen LogP contribution in [0.5, 0.6) is 5.75 Å². The van der Waals surface area contributed by atoms with E-state index in [1.165, 1.54) is 28.6 Å². The van der Waals surface area contributed by atoms with Gasteiger partial charge in [-0.2, -0.15) is 4.31 Å². The molecular formula is C21H23N3O6S2. The van der Waals surface area contributed by atoms with E-state index in [9.17, 15) is 23.3 Å². The molecule has 2 heterocycles. The van der Waals surface area contributed by atoms with E-state index < -0.39 is 19.8 Å². The third kappa shape index (κ3) is 4.07. The first-order valence-electron chi connectivity index (χ1n) is 10.1. The second-order valence-electron chi connectivity index (χ2n) is 7.64. The van der Waals surface area contributed by atoms with Crippen molar-refractivity contribution in [2.45, 2.75) is 22.6 Å². The van der Waals surface area contributed by atoms with E-state index >= 15 is 0 Å². The second-order valence-corrected chi connectivity index (χ2v) is 11.0. The number of nitro benzene ring substituents is 1. The number of carbonyl (C=O) groups is 1. The molecule has 0 atom stereocenters. The third-order valence-corrected chi connectivity index (χ3v) is 9.41. The van der Waals surface area contributed by atoms with E-state index in [4.69, 9.17) is 4.74 Å². The molecular weight excluding hydrogens is 454 g/mol. The van der Waals surface area contributed by atoms with Gasteiger partial charge in [0.25, 0.3) is 11.6 Å². The Bertz CT molecular complexity index is 1110. The fourth-order valence-electron chi connectivity index (χ4n) is 4.16. The molecule has 0 saturated carbocycles. The summed E-state index contributed by atoms with van der Waals surface area (Å²) in [6, 6.07) is 11.9. The maximum atomic E-state index is 13.2. The quantitative estimate of drug-likeness (QED) is 0.481. The number of nitro groups is 1. The SMILES string of the molecule is COc1ccc(C(=O)N2CCSC23CCN(S(=O)(=O)c2ccc([N+](=O)[O-])cc2)CC3)cc1. The van der Waals surface area contributed by atoms with E-state index in [1.54, 1.807) is 43.1 Å². The summed E-state index contributed by atoms with van der Waals surface area (Å²) >= 11 is 1.70. The molecule has 1 amide bonds. The standard InChI is InChI=1S/C21H23N3O6S2/c1-30-18-6-2-16(3-7-18)20(25)23-14-15-31-21(23)10-12-22(13-11-21)32(28,29)19-8-4-17(5-9-19)24(26)27/h2-9H,10-15H2,1H3. The lowest BCUT2D eigenvalue weighted by atomic mass is 10.0. The molecule has 0 bridgehead atoms. The Kier molecular flexibility index (Phi) is 6.15. The van der Waals surface area contributed by atoms with Gasteiger partial charge in [-0.1, -0.05) is 0 Å². The molecule has 2 aromatic carbocycles. The molecule has 170 valence electrons. The number of non-ortho nitro benzene ring substituents is 1. The average Bonchev–Trinajstić information content (AvgIpc) is 3.21. The van der Waals surface area contributed by atoms with Crippen molar-refractivity contribution in [3.63, 3.8) is 0 Å². The van der Waals surface area contributed by atoms with Crippen LogP contribution < -0.4 is 4.74 Å². The largest absolute Gasteiger partial charge is 0.497 e. The molecule has 0 N–H and O–H groups in total. The van der Waals surface area contributed by atoms with Crippen molar-refractivity contribution in [2.75, 3.05) is 32.5 Å². The third-order valence-electron chi connectivity index (χ3n) is 5.95. The van der Waals surface area contributed by atoms with Gasteiger partial charge in [0.05, 0.1) is 21.8 Å². The molecule has 0 aromatic heterocycles. The van der Waals surface area contributed by atoms with E-state index in [0.717, 1.165) is 5.75 Å². The monoisotopic (exact) mass is 477 g/mol. The van der Waals surface area contributed by atoms with Gasteiger partial charge in [0.15, 0.2) is 0 Å². The summed E-state index contributed by atoms with van der Waals surface area (Å²) < 4.78 is 32.6. The minimum absolute atomic E-state index is 0.0318. The first kappa shape index (κ1) is 22.6. The van der Waals surface area contributed by atoms with Gasteiger partial charge in [-0.25, -0.2) is 8.42 Å². The number of methoxy groups -OCH3 is 1. The van der Waals surface area contributed by atoms with Gasteiger partial charge in [-0.05, 0) is 49.2 Å². The number of benzene rings is 2. The Balaban J connectivity index is 1.48. The lowest BCUT2D eigenvalue weighted by Crippen LogP contribution is -2.53. The molecule has 1 spiro atoms. The first-order chi connectivity index (χ1) is 15.3. The zero-order valence-electron chi connectivity index (χ0n) is 17.5. The number of thioether (sulfide) groups is 1. The molecule has 4 rings (SSSR count). The molecule has 2 saturated heterocycles. The summed E-state index contributed by atoms with van der Waals surface area (Å²) in [6.07, 6.45) is 1.04. The van der Waals surface area contributed by atoms with Crippen LogP contribution in [0.2, 0.25) is 0 Å². The molecule has 0 radical (unpaired) electrons. The van der Waals surface area contributed by atoms with Gasteiger partial charge in [-0.3, -0.25) is 14.9 Å². The summed E-state index contributed by atoms with van der Waals surface area (Å²) in [5, 5.41) is 10.8. The number of hydrogen-bond donors (Lipinski definition) is 0. The Hall–Kier alpha value is -2.63. The number of hydrogen-bond acceptors (Lipinski definition) is 7. The van der Waals surface area contributed by atoms with Crippen LogP contribution in [0.15, 0.2) is 53.4 Å². The minimum Gasteiger partial charge on any atom is -0.497 e. The minimum atomic E-state index is -3.76. The van der Waals surface area contributed by atoms with Crippen molar-refractivity contribution >= 4 is 33.4 Å². The van der Waals surface area contributed by atoms with Crippen LogP contribution in [-0.4, -0.2) is 65.8 Å². The van der Waals surface area contributed by atoms with Crippen LogP contribution in [0.25, 0.3) is 0 Å². The number of carbonyl (C=O) groups excluding carboxylic acids is 1. The first-order valence-corrected chi connectivity index (χ1v) is 12.5. The molecule has 2 aliphatic heterocycles. The van der Waals surface area contributed by atoms with Crippen LogP contribution >= 0.6 is 11.8 Å². The van der Waals surface area contributed by atoms with Gasteiger partial charge < -0.3 is 9.64 Å². The van der Waals surface area contributed by atoms with Gasteiger partial charge in [-0.15, -0.1) is 11.8 Å². The normalized spacial score (nSPS) is 18.6. The molecule has 0 unspecified atom stereocenters. The lowest BCUT2D eigenvalue weighted by Gasteiger charge is -2.43. The summed E-state index contributed by atoms with van der Waals surface area (Å²) in [7, 11) is -2.19. The van der Waals surface area contributed by atoms with Crippen LogP contribution in [0.4, 0.5) is 5.69 Å². The summed E-state index contributed by atoms with van der Waals surface area (Å²) in [5.74, 6) is 1.41. The Morgan fingerprint density at radius 1 is 1.06 bits per heavy atom. The predicted molar refractivity (Wildman–Crippen MR) is 120 cm³/mol. The smallest absolute Gasteiger partial charge is 0.269 e. The van der Waals surface area contributed by atoms with Gasteiger partial charge in [0, 0.05) is 43.1 Å². The van der Waals surface area contributed by atoms with Crippen LogP contribution in [-0.2, 0) is 10.0 Å². The Morgan fingerprint density at radius 2 is 1.69 bits per heavy atom. The molecule has 11 heteroatoms. The highest BCUT2D eigenvalue weighted by atomic mass is 32.2. The van der Waals surface area contributed by atoms with Crippen molar-refractivity contribution in [2.24, 2.45) is 0 Å². The Labute approximate surface area is 190 Å². The molecule has 9 nitrogen and oxygen atoms in total. The lowest BCUT2D eigenvalue weighted by molar-refractivity contribution is -0.384. The Morgan fingerprint density at radius 3 is 2.25 bits per heavy atom. The maximum absolute atomic E-state index is 13.2. The van der Waals surface area contributed by atoms with E-state index in [0.29, 0.717) is 30.7 Å². The summed E-state index contributed by atoms with van der Waals surface area (Å²) in [4.78, 5) is 24.9. The predicted octanol–water partition coefficient (Wildman–Crippen LogP) is 2.97. The molecule has 2 aliphatic rings. The zero-order valence-corrected chi connectivity index (χ0v) is 19.1. The van der Waals surface area contributed by atoms with Gasteiger partial charge >= 0.3 is 0 Å². The average molecular weight is 478 g/mol. The molecule has 32 heavy (non-hydrogen) atoms. The van der Waals surface area contributed by atoms with E-state index in [1.807, 2.05) is 4.90 Å². The van der Waals surface area contributed by atoms with E-state index in [-0.39, 0.29) is 29.6 Å². The number of nitrogens with zero attached hydrogens (tertiary/aromatic N) is 3. The highest BCUT2D eigenvalue weighted by molar-refractivity contribution is 8.00. The van der Waals surface area contributed by atoms with Gasteiger partial charge in [0.1, 0.15) is 5.75 Å². The van der Waals surface area contributed by atoms with Crippen molar-refractivity contribution in [1.29, 1.82) is 0 Å². The fourth-order valence-corrected chi connectivity index (χ4v) is 7.06. The van der Waals surface area contributed by atoms with E-state index in [2.05, 4.69) is 0 Å². The van der Waals surface area contributed by atoms with Crippen molar-refractivity contribution in [3.05, 3.63) is 64.2 Å². The number of rotatable bonds is 5. The number of piperidine rings is 1. The van der Waals surface area contributed by atoms with Crippen molar-refractivity contribution in [1.82, 2.24) is 9.21 Å². The number of sulfonamides is 1. The highest BCUT2D eigenvalue weighted by Gasteiger charge is 2.48. The molecule has 0 aliphatic carbocycles. The molecule has 2 aromatic rings. The van der Waals surface area contributed by atoms with Crippen LogP contribution in [0.3, 0.4) is 0 Å². The van der Waals surface area contributed by atoms with Crippen molar-refractivity contribution < 1.29 is 22.9 Å². The topological polar surface area (TPSA) is 110 Å². The van der Waals surface area contributed by atoms with Gasteiger partial charge in [0.2, 0.25) is 10.0 Å². The van der Waals surface area contributed by atoms with Crippen molar-refractivity contribution in [3.8, 4) is 5.75 Å². The van der Waals surface area contributed by atoms with Crippen LogP contribution in [0.1, 0.15) is 23.2 Å². The zero-order chi connectivity index (χ0) is 22.9. The molecule has 2 fully saturated rings. The second kappa shape index (κ2) is 8.72. The van der Waals surface area contributed by atoms with Crippen LogP contribution in [0, 0.1) is 10.1 Å². The number of amides is 1. The maximum Gasteiger partial charge on any atom is 0.269 e. The fraction of sp³-hybridized carbons (Fsp3) is 0.381. The summed E-state index contributed by atoms with van der Waals surface area (Å²) in [6.45, 7) is 1.17. The number of ether oxygens (including phenoxy) is 1.